The van der Waals surface area contributed by atoms with E-state index in [2.05, 4.69) is 28.8 Å². The number of nitrogens with one attached hydrogen (secondary N) is 2. The van der Waals surface area contributed by atoms with Gasteiger partial charge in [-0.1, -0.05) is 0 Å². The van der Waals surface area contributed by atoms with Crippen LogP contribution in [0.3, 0.4) is 0 Å². The Hall–Kier alpha value is -0.420. The largest absolute Gasteiger partial charge is 0.388 e. The highest BCUT2D eigenvalue weighted by molar-refractivity contribution is 7.98. The number of aliphatic hydroxyl groups is 1. The Kier molecular flexibility index (Phi) is 7.51. The molecule has 0 unspecified atom stereocenters. The molecule has 0 spiro atoms. The summed E-state index contributed by atoms with van der Waals surface area (Å²) in [6.45, 7) is 4.38. The quantitative estimate of drug-likeness (QED) is 0.357. The van der Waals surface area contributed by atoms with Crippen molar-refractivity contribution in [2.45, 2.75) is 44.6 Å². The van der Waals surface area contributed by atoms with E-state index in [1.165, 1.54) is 12.2 Å². The Balaban J connectivity index is 2.22. The van der Waals surface area contributed by atoms with Crippen LogP contribution in [-0.4, -0.2) is 48.3 Å². The maximum Gasteiger partial charge on any atom is 0.191 e. The lowest BCUT2D eigenvalue weighted by atomic mass is 9.80. The van der Waals surface area contributed by atoms with E-state index in [1.807, 2.05) is 11.8 Å². The average molecular weight is 273 g/mol. The van der Waals surface area contributed by atoms with Crippen molar-refractivity contribution >= 4 is 17.7 Å². The van der Waals surface area contributed by atoms with Gasteiger partial charge in [0, 0.05) is 13.1 Å². The molecule has 3 N–H and O–H groups in total. The minimum Gasteiger partial charge on any atom is -0.388 e. The summed E-state index contributed by atoms with van der Waals surface area (Å²) in [5.41, 5.74) is -0.527. The van der Waals surface area contributed by atoms with Crippen molar-refractivity contribution < 1.29 is 5.11 Å². The van der Waals surface area contributed by atoms with E-state index in [0.717, 1.165) is 44.7 Å². The van der Waals surface area contributed by atoms with Gasteiger partial charge in [0.25, 0.3) is 0 Å². The fraction of sp³-hybridized carbons (Fsp3) is 0.923. The molecule has 0 aromatic carbocycles. The Labute approximate surface area is 115 Å². The predicted octanol–water partition coefficient (Wildman–Crippen LogP) is 1.60. The van der Waals surface area contributed by atoms with Crippen LogP contribution in [0.25, 0.3) is 0 Å². The molecule has 0 radical (unpaired) electrons. The summed E-state index contributed by atoms with van der Waals surface area (Å²) in [6.07, 6.45) is 7.45. The van der Waals surface area contributed by atoms with Crippen molar-refractivity contribution in [2.75, 3.05) is 31.6 Å². The van der Waals surface area contributed by atoms with Gasteiger partial charge in [-0.2, -0.15) is 11.8 Å². The van der Waals surface area contributed by atoms with Crippen molar-refractivity contribution in [1.29, 1.82) is 0 Å². The van der Waals surface area contributed by atoms with Crippen LogP contribution in [0.4, 0.5) is 0 Å². The molecule has 1 aliphatic carbocycles. The van der Waals surface area contributed by atoms with Crippen LogP contribution in [0.5, 0.6) is 0 Å². The van der Waals surface area contributed by atoms with Gasteiger partial charge in [0.2, 0.25) is 0 Å². The molecule has 4 nitrogen and oxygen atoms in total. The summed E-state index contributed by atoms with van der Waals surface area (Å²) in [6, 6.07) is 0. The molecule has 1 aliphatic rings. The van der Waals surface area contributed by atoms with Gasteiger partial charge < -0.3 is 15.7 Å². The third-order valence-corrected chi connectivity index (χ3v) is 3.92. The molecule has 1 rings (SSSR count). The smallest absolute Gasteiger partial charge is 0.191 e. The first-order valence-electron chi connectivity index (χ1n) is 6.94. The Morgan fingerprint density at radius 1 is 1.33 bits per heavy atom. The number of thioether (sulfide) groups is 1. The average Bonchev–Trinajstić information content (AvgIpc) is 2.33. The topological polar surface area (TPSA) is 56.7 Å². The monoisotopic (exact) mass is 273 g/mol. The minimum atomic E-state index is -0.527. The highest BCUT2D eigenvalue weighted by atomic mass is 32.2. The molecule has 0 amide bonds. The second-order valence-corrected chi connectivity index (χ2v) is 5.89. The van der Waals surface area contributed by atoms with Crippen LogP contribution in [0.15, 0.2) is 4.99 Å². The maximum absolute atomic E-state index is 10.0. The molecule has 0 aromatic heterocycles. The Morgan fingerprint density at radius 2 is 2.11 bits per heavy atom. The van der Waals surface area contributed by atoms with E-state index < -0.39 is 5.60 Å². The number of rotatable bonds is 8. The van der Waals surface area contributed by atoms with E-state index in [1.54, 1.807) is 0 Å². The first-order chi connectivity index (χ1) is 8.70. The Bertz CT molecular complexity index is 255. The van der Waals surface area contributed by atoms with Crippen molar-refractivity contribution in [2.24, 2.45) is 4.99 Å². The van der Waals surface area contributed by atoms with E-state index in [4.69, 9.17) is 0 Å². The minimum absolute atomic E-state index is 0.521. The summed E-state index contributed by atoms with van der Waals surface area (Å²) in [5, 5.41) is 16.5. The fourth-order valence-electron chi connectivity index (χ4n) is 1.89. The lowest BCUT2D eigenvalue weighted by Gasteiger charge is -2.35. The third kappa shape index (κ3) is 5.96. The second-order valence-electron chi connectivity index (χ2n) is 4.90. The number of hydrogen-bond acceptors (Lipinski definition) is 3. The van der Waals surface area contributed by atoms with Gasteiger partial charge in [-0.05, 0) is 51.0 Å². The van der Waals surface area contributed by atoms with Gasteiger partial charge in [0.05, 0.1) is 12.1 Å². The molecule has 0 atom stereocenters. The number of nitrogens with zero attached hydrogens (tertiary/aromatic N) is 1. The van der Waals surface area contributed by atoms with Gasteiger partial charge in [-0.15, -0.1) is 0 Å². The molecule has 0 bridgehead atoms. The van der Waals surface area contributed by atoms with Crippen LogP contribution in [-0.2, 0) is 0 Å². The van der Waals surface area contributed by atoms with E-state index in [9.17, 15) is 5.11 Å². The SMILES string of the molecule is CCNC(=NCC1(O)CCC1)NCCCCSC. The van der Waals surface area contributed by atoms with Crippen molar-refractivity contribution in [3.63, 3.8) is 0 Å². The van der Waals surface area contributed by atoms with Gasteiger partial charge >= 0.3 is 0 Å². The molecule has 106 valence electrons. The lowest BCUT2D eigenvalue weighted by molar-refractivity contribution is -0.0236. The van der Waals surface area contributed by atoms with Crippen LogP contribution >= 0.6 is 11.8 Å². The highest BCUT2D eigenvalue weighted by Crippen LogP contribution is 2.31. The molecule has 0 saturated heterocycles. The first kappa shape index (κ1) is 15.6. The molecular weight excluding hydrogens is 246 g/mol. The fourth-order valence-corrected chi connectivity index (χ4v) is 2.38. The summed E-state index contributed by atoms with van der Waals surface area (Å²) >= 11 is 1.89. The second kappa shape index (κ2) is 8.64. The summed E-state index contributed by atoms with van der Waals surface area (Å²) in [4.78, 5) is 4.46. The summed E-state index contributed by atoms with van der Waals surface area (Å²) in [7, 11) is 0. The van der Waals surface area contributed by atoms with Gasteiger partial charge in [-0.25, -0.2) is 0 Å². The molecule has 1 fully saturated rings. The molecule has 5 heteroatoms. The number of hydrogen-bond donors (Lipinski definition) is 3. The third-order valence-electron chi connectivity index (χ3n) is 3.23. The molecule has 0 heterocycles. The number of unbranched alkanes of at least 4 members (excludes halogenated alkanes) is 1. The van der Waals surface area contributed by atoms with Crippen LogP contribution in [0.2, 0.25) is 0 Å². The number of aliphatic imine (C=N–C) groups is 1. The van der Waals surface area contributed by atoms with Gasteiger partial charge in [0.1, 0.15) is 0 Å². The van der Waals surface area contributed by atoms with Crippen molar-refractivity contribution in [3.05, 3.63) is 0 Å². The standard InChI is InChI=1S/C13H27N3OS/c1-3-14-12(15-9-4-5-10-18-2)16-11-13(17)7-6-8-13/h17H,3-11H2,1-2H3,(H2,14,15,16). The van der Waals surface area contributed by atoms with E-state index in [-0.39, 0.29) is 0 Å². The molecule has 0 aliphatic heterocycles. The number of guanidine groups is 1. The summed E-state index contributed by atoms with van der Waals surface area (Å²) < 4.78 is 0. The molecule has 18 heavy (non-hydrogen) atoms. The molecule has 0 aromatic rings. The molecular formula is C13H27N3OS. The Morgan fingerprint density at radius 3 is 2.67 bits per heavy atom. The summed E-state index contributed by atoms with van der Waals surface area (Å²) in [5.74, 6) is 2.05. The first-order valence-corrected chi connectivity index (χ1v) is 8.33. The van der Waals surface area contributed by atoms with Gasteiger partial charge in [0.15, 0.2) is 5.96 Å². The van der Waals surface area contributed by atoms with Gasteiger partial charge in [-0.3, -0.25) is 4.99 Å². The van der Waals surface area contributed by atoms with Crippen LogP contribution < -0.4 is 10.6 Å². The predicted molar refractivity (Wildman–Crippen MR) is 80.4 cm³/mol. The van der Waals surface area contributed by atoms with E-state index in [0.29, 0.717) is 6.54 Å². The van der Waals surface area contributed by atoms with Crippen LogP contribution in [0.1, 0.15) is 39.0 Å². The zero-order chi connectivity index (χ0) is 13.3. The van der Waals surface area contributed by atoms with E-state index >= 15 is 0 Å². The normalized spacial score (nSPS) is 18.3. The zero-order valence-corrected chi connectivity index (χ0v) is 12.5. The highest BCUT2D eigenvalue weighted by Gasteiger charge is 2.34. The zero-order valence-electron chi connectivity index (χ0n) is 11.7. The maximum atomic E-state index is 10.0. The molecule has 1 saturated carbocycles. The lowest BCUT2D eigenvalue weighted by Crippen LogP contribution is -2.43. The van der Waals surface area contributed by atoms with Crippen molar-refractivity contribution in [3.8, 4) is 0 Å². The van der Waals surface area contributed by atoms with Crippen molar-refractivity contribution in [1.82, 2.24) is 10.6 Å². The van der Waals surface area contributed by atoms with Crippen LogP contribution in [0, 0.1) is 0 Å².